The summed E-state index contributed by atoms with van der Waals surface area (Å²) in [4.78, 5) is 5.77. The topological polar surface area (TPSA) is 31.1 Å². The highest BCUT2D eigenvalue weighted by Gasteiger charge is 2.11. The van der Waals surface area contributed by atoms with E-state index in [2.05, 4.69) is 27.5 Å². The van der Waals surface area contributed by atoms with E-state index in [-0.39, 0.29) is 0 Å². The fourth-order valence-corrected chi connectivity index (χ4v) is 3.21. The molecule has 5 heteroatoms. The summed E-state index contributed by atoms with van der Waals surface area (Å²) in [6.45, 7) is 5.71. The molecule has 2 N–H and O–H groups in total. The van der Waals surface area contributed by atoms with E-state index in [1.807, 2.05) is 6.07 Å². The zero-order valence-electron chi connectivity index (χ0n) is 11.4. The lowest BCUT2D eigenvalue weighted by molar-refractivity contribution is 0.238. The third-order valence-corrected chi connectivity index (χ3v) is 4.77. The van der Waals surface area contributed by atoms with Crippen LogP contribution in [0.4, 0.5) is 0 Å². The Morgan fingerprint density at radius 2 is 1.95 bits per heavy atom. The molecule has 0 amide bonds. The molecule has 3 nitrogen and oxygen atoms in total. The van der Waals surface area contributed by atoms with E-state index >= 15 is 0 Å². The minimum Gasteiger partial charge on any atom is -0.360 e. The minimum atomic E-state index is 0.605. The second-order valence-corrected chi connectivity index (χ2v) is 6.08. The second-order valence-electron chi connectivity index (χ2n) is 5.29. The summed E-state index contributed by atoms with van der Waals surface area (Å²) < 4.78 is 0. The quantitative estimate of drug-likeness (QED) is 0.907. The van der Waals surface area contributed by atoms with Crippen molar-refractivity contribution in [1.29, 1.82) is 0 Å². The maximum absolute atomic E-state index is 6.22. The molecule has 1 fully saturated rings. The van der Waals surface area contributed by atoms with Crippen LogP contribution >= 0.6 is 23.2 Å². The van der Waals surface area contributed by atoms with Gasteiger partial charge in [0.2, 0.25) is 0 Å². The number of nitrogens with one attached hydrogen (secondary N) is 2. The van der Waals surface area contributed by atoms with Gasteiger partial charge in [0, 0.05) is 37.8 Å². The molecule has 0 spiro atoms. The lowest BCUT2D eigenvalue weighted by Crippen LogP contribution is -2.43. The van der Waals surface area contributed by atoms with Crippen LogP contribution in [0.3, 0.4) is 0 Å². The number of nitrogens with zero attached hydrogens (tertiary/aromatic N) is 1. The van der Waals surface area contributed by atoms with Gasteiger partial charge in [0.25, 0.3) is 0 Å². The molecule has 1 aromatic heterocycles. The number of aromatic nitrogens is 1. The third kappa shape index (κ3) is 2.96. The Kier molecular flexibility index (Phi) is 4.51. The first-order valence-electron chi connectivity index (χ1n) is 7.13. The number of benzene rings is 1. The highest BCUT2D eigenvalue weighted by molar-refractivity contribution is 6.45. The first-order chi connectivity index (χ1) is 9.75. The molecule has 1 aliphatic rings. The Labute approximate surface area is 129 Å². The first kappa shape index (κ1) is 14.2. The number of fused-ring (bicyclic) bond motifs is 1. The summed E-state index contributed by atoms with van der Waals surface area (Å²) in [5.74, 6) is 0. The number of aryl methyl sites for hydroxylation is 1. The van der Waals surface area contributed by atoms with Crippen LogP contribution < -0.4 is 5.32 Å². The van der Waals surface area contributed by atoms with Crippen molar-refractivity contribution in [2.75, 3.05) is 32.7 Å². The van der Waals surface area contributed by atoms with Gasteiger partial charge in [-0.1, -0.05) is 29.3 Å². The Bertz CT molecular complexity index is 588. The number of rotatable bonds is 4. The maximum Gasteiger partial charge on any atom is 0.0833 e. The number of H-pyrrole nitrogens is 1. The van der Waals surface area contributed by atoms with Gasteiger partial charge < -0.3 is 15.2 Å². The zero-order chi connectivity index (χ0) is 13.9. The van der Waals surface area contributed by atoms with E-state index in [4.69, 9.17) is 23.2 Å². The van der Waals surface area contributed by atoms with Gasteiger partial charge in [-0.05, 0) is 31.0 Å². The van der Waals surface area contributed by atoms with E-state index in [9.17, 15) is 0 Å². The smallest absolute Gasteiger partial charge is 0.0833 e. The molecule has 2 aromatic rings. The minimum absolute atomic E-state index is 0.605. The van der Waals surface area contributed by atoms with Gasteiger partial charge in [-0.15, -0.1) is 0 Å². The molecule has 20 heavy (non-hydrogen) atoms. The molecule has 0 aliphatic carbocycles. The van der Waals surface area contributed by atoms with Crippen LogP contribution in [-0.4, -0.2) is 42.6 Å². The van der Waals surface area contributed by atoms with Crippen LogP contribution in [-0.2, 0) is 6.42 Å². The number of hydrogen-bond acceptors (Lipinski definition) is 2. The lowest BCUT2D eigenvalue weighted by Gasteiger charge is -2.26. The van der Waals surface area contributed by atoms with E-state index < -0.39 is 0 Å². The number of piperazine rings is 1. The SMILES string of the molecule is Clc1ccc2c(CCCN3CCNCC3)c[nH]c2c1Cl. The van der Waals surface area contributed by atoms with Crippen LogP contribution in [0.5, 0.6) is 0 Å². The molecule has 3 rings (SSSR count). The normalized spacial score (nSPS) is 16.9. The van der Waals surface area contributed by atoms with E-state index in [1.54, 1.807) is 0 Å². The summed E-state index contributed by atoms with van der Waals surface area (Å²) >= 11 is 12.3. The standard InChI is InChI=1S/C15H19Cl2N3/c16-13-4-3-12-11(10-19-15(12)14(13)17)2-1-7-20-8-5-18-6-9-20/h3-4,10,18-19H,1-2,5-9H2. The van der Waals surface area contributed by atoms with Crippen molar-refractivity contribution >= 4 is 34.1 Å². The Balaban J connectivity index is 1.64. The highest BCUT2D eigenvalue weighted by atomic mass is 35.5. The Morgan fingerprint density at radius 1 is 1.15 bits per heavy atom. The summed E-state index contributed by atoms with van der Waals surface area (Å²) in [7, 11) is 0. The average molecular weight is 312 g/mol. The summed E-state index contributed by atoms with van der Waals surface area (Å²) in [6.07, 6.45) is 4.31. The summed E-state index contributed by atoms with van der Waals surface area (Å²) in [5.41, 5.74) is 2.28. The van der Waals surface area contributed by atoms with Crippen LogP contribution in [0, 0.1) is 0 Å². The van der Waals surface area contributed by atoms with Crippen LogP contribution in [0.25, 0.3) is 10.9 Å². The monoisotopic (exact) mass is 311 g/mol. The summed E-state index contributed by atoms with van der Waals surface area (Å²) in [5, 5.41) is 5.80. The number of hydrogen-bond donors (Lipinski definition) is 2. The number of halogens is 2. The molecule has 108 valence electrons. The molecule has 1 aromatic carbocycles. The fourth-order valence-electron chi connectivity index (χ4n) is 2.83. The molecule has 0 atom stereocenters. The highest BCUT2D eigenvalue weighted by Crippen LogP contribution is 2.32. The first-order valence-corrected chi connectivity index (χ1v) is 7.88. The van der Waals surface area contributed by atoms with Crippen molar-refractivity contribution in [1.82, 2.24) is 15.2 Å². The molecular weight excluding hydrogens is 293 g/mol. The van der Waals surface area contributed by atoms with Crippen LogP contribution in [0.1, 0.15) is 12.0 Å². The molecule has 0 bridgehead atoms. The lowest BCUT2D eigenvalue weighted by atomic mass is 10.1. The van der Waals surface area contributed by atoms with Gasteiger partial charge in [-0.3, -0.25) is 0 Å². The largest absolute Gasteiger partial charge is 0.360 e. The molecule has 1 saturated heterocycles. The van der Waals surface area contributed by atoms with Crippen molar-refractivity contribution in [3.05, 3.63) is 33.9 Å². The van der Waals surface area contributed by atoms with E-state index in [1.165, 1.54) is 17.4 Å². The van der Waals surface area contributed by atoms with Gasteiger partial charge in [0.1, 0.15) is 0 Å². The third-order valence-electron chi connectivity index (χ3n) is 3.96. The fraction of sp³-hybridized carbons (Fsp3) is 0.467. The van der Waals surface area contributed by atoms with Gasteiger partial charge in [0.05, 0.1) is 15.6 Å². The molecule has 2 heterocycles. The molecule has 0 saturated carbocycles. The van der Waals surface area contributed by atoms with Crippen molar-refractivity contribution in [3.63, 3.8) is 0 Å². The van der Waals surface area contributed by atoms with Crippen molar-refractivity contribution in [3.8, 4) is 0 Å². The second kappa shape index (κ2) is 6.35. The predicted molar refractivity (Wildman–Crippen MR) is 85.9 cm³/mol. The van der Waals surface area contributed by atoms with Gasteiger partial charge >= 0.3 is 0 Å². The predicted octanol–water partition coefficient (Wildman–Crippen LogP) is 3.31. The van der Waals surface area contributed by atoms with Gasteiger partial charge in [0.15, 0.2) is 0 Å². The van der Waals surface area contributed by atoms with Crippen LogP contribution in [0.15, 0.2) is 18.3 Å². The number of aromatic amines is 1. The Morgan fingerprint density at radius 3 is 2.75 bits per heavy atom. The maximum atomic E-state index is 6.22. The average Bonchev–Trinajstić information content (AvgIpc) is 2.88. The van der Waals surface area contributed by atoms with Crippen molar-refractivity contribution < 1.29 is 0 Å². The molecule has 0 unspecified atom stereocenters. The van der Waals surface area contributed by atoms with Crippen molar-refractivity contribution in [2.45, 2.75) is 12.8 Å². The summed E-state index contributed by atoms with van der Waals surface area (Å²) in [6, 6.07) is 3.93. The van der Waals surface area contributed by atoms with Gasteiger partial charge in [-0.2, -0.15) is 0 Å². The molecule has 1 aliphatic heterocycles. The molecule has 0 radical (unpaired) electrons. The molecular formula is C15H19Cl2N3. The van der Waals surface area contributed by atoms with E-state index in [0.29, 0.717) is 10.0 Å². The van der Waals surface area contributed by atoms with E-state index in [0.717, 1.165) is 44.7 Å². The zero-order valence-corrected chi connectivity index (χ0v) is 12.9. The Hall–Kier alpha value is -0.740. The van der Waals surface area contributed by atoms with Crippen LogP contribution in [0.2, 0.25) is 10.0 Å². The van der Waals surface area contributed by atoms with Gasteiger partial charge in [-0.25, -0.2) is 0 Å². The van der Waals surface area contributed by atoms with Crippen molar-refractivity contribution in [2.24, 2.45) is 0 Å².